The van der Waals surface area contributed by atoms with Crippen molar-refractivity contribution in [2.75, 3.05) is 0 Å². The summed E-state index contributed by atoms with van der Waals surface area (Å²) in [5, 5.41) is 16.7. The van der Waals surface area contributed by atoms with Gasteiger partial charge >= 0.3 is 6.03 Å². The largest absolute Gasteiger partial charge is 0.409 e. The van der Waals surface area contributed by atoms with Gasteiger partial charge in [0.25, 0.3) is 0 Å². The van der Waals surface area contributed by atoms with Gasteiger partial charge < -0.3 is 21.6 Å². The van der Waals surface area contributed by atoms with Crippen molar-refractivity contribution in [1.29, 1.82) is 0 Å². The van der Waals surface area contributed by atoms with Crippen LogP contribution in [0.15, 0.2) is 5.16 Å². The molecule has 0 bridgehead atoms. The summed E-state index contributed by atoms with van der Waals surface area (Å²) in [6, 6.07) is -0.742. The van der Waals surface area contributed by atoms with Crippen molar-refractivity contribution in [3.05, 3.63) is 0 Å². The number of oxime groups is 1. The summed E-state index contributed by atoms with van der Waals surface area (Å²) in [7, 11) is 0. The molecule has 0 aromatic carbocycles. The van der Waals surface area contributed by atoms with Crippen LogP contribution in [0.5, 0.6) is 0 Å². The summed E-state index contributed by atoms with van der Waals surface area (Å²) >= 11 is 0. The fraction of sp³-hybridized carbons (Fsp3) is 0.778. The Bertz CT molecular complexity index is 238. The second-order valence-electron chi connectivity index (χ2n) is 4.02. The first-order valence-corrected chi connectivity index (χ1v) is 4.93. The highest BCUT2D eigenvalue weighted by molar-refractivity contribution is 5.89. The van der Waals surface area contributed by atoms with Gasteiger partial charge in [0.2, 0.25) is 0 Å². The lowest BCUT2D eigenvalue weighted by atomic mass is 10.0. The highest BCUT2D eigenvalue weighted by Gasteiger charge is 2.20. The van der Waals surface area contributed by atoms with E-state index in [0.717, 1.165) is 0 Å². The number of nitrogens with two attached hydrogens (primary N) is 1. The highest BCUT2D eigenvalue weighted by atomic mass is 16.4. The molecule has 0 rings (SSSR count). The molecule has 2 amide bonds. The Morgan fingerprint density at radius 1 is 1.27 bits per heavy atom. The monoisotopic (exact) mass is 216 g/mol. The number of rotatable bonds is 4. The third kappa shape index (κ3) is 5.09. The molecule has 15 heavy (non-hydrogen) atoms. The van der Waals surface area contributed by atoms with Gasteiger partial charge in [-0.25, -0.2) is 4.79 Å². The minimum atomic E-state index is -0.464. The predicted molar refractivity (Wildman–Crippen MR) is 58.8 cm³/mol. The first-order chi connectivity index (χ1) is 6.88. The van der Waals surface area contributed by atoms with Gasteiger partial charge in [-0.05, 0) is 19.8 Å². The molecule has 0 saturated heterocycles. The van der Waals surface area contributed by atoms with Crippen molar-refractivity contribution in [3.63, 3.8) is 0 Å². The van der Waals surface area contributed by atoms with E-state index in [2.05, 4.69) is 15.8 Å². The van der Waals surface area contributed by atoms with Gasteiger partial charge in [-0.1, -0.05) is 19.0 Å². The van der Waals surface area contributed by atoms with Gasteiger partial charge in [-0.3, -0.25) is 0 Å². The third-order valence-corrected chi connectivity index (χ3v) is 1.81. The number of amides is 2. The molecule has 6 nitrogen and oxygen atoms in total. The normalized spacial score (nSPS) is 14.1. The molecule has 0 aromatic heterocycles. The number of carbonyl (C=O) groups excluding carboxylic acids is 1. The number of hydrogen-bond donors (Lipinski definition) is 4. The lowest BCUT2D eigenvalue weighted by Gasteiger charge is -2.21. The number of amidine groups is 1. The summed E-state index contributed by atoms with van der Waals surface area (Å²) in [4.78, 5) is 11.4. The van der Waals surface area contributed by atoms with Crippen LogP contribution in [-0.4, -0.2) is 29.2 Å². The zero-order chi connectivity index (χ0) is 12.0. The zero-order valence-corrected chi connectivity index (χ0v) is 9.61. The van der Waals surface area contributed by atoms with Crippen LogP contribution in [0.2, 0.25) is 0 Å². The summed E-state index contributed by atoms with van der Waals surface area (Å²) in [6.07, 6.45) is 0. The van der Waals surface area contributed by atoms with Crippen LogP contribution < -0.4 is 16.4 Å². The maximum absolute atomic E-state index is 11.4. The molecule has 1 unspecified atom stereocenters. The minimum absolute atomic E-state index is 0.00362. The van der Waals surface area contributed by atoms with Crippen LogP contribution >= 0.6 is 0 Å². The van der Waals surface area contributed by atoms with Gasteiger partial charge in [0.1, 0.15) is 0 Å². The van der Waals surface area contributed by atoms with Gasteiger partial charge in [-0.15, -0.1) is 0 Å². The molecule has 0 aliphatic carbocycles. The quantitative estimate of drug-likeness (QED) is 0.238. The van der Waals surface area contributed by atoms with Crippen LogP contribution in [0, 0.1) is 5.92 Å². The Kier molecular flexibility index (Phi) is 5.51. The molecule has 88 valence electrons. The van der Waals surface area contributed by atoms with Crippen molar-refractivity contribution in [1.82, 2.24) is 10.6 Å². The summed E-state index contributed by atoms with van der Waals surface area (Å²) in [5.74, 6) is 0.0581. The Balaban J connectivity index is 4.36. The second-order valence-corrected chi connectivity index (χ2v) is 4.02. The topological polar surface area (TPSA) is 99.7 Å². The number of nitrogens with one attached hydrogen (secondary N) is 2. The average Bonchev–Trinajstić information content (AvgIpc) is 2.11. The van der Waals surface area contributed by atoms with Crippen molar-refractivity contribution in [2.24, 2.45) is 16.8 Å². The van der Waals surface area contributed by atoms with E-state index < -0.39 is 6.04 Å². The minimum Gasteiger partial charge on any atom is -0.409 e. The van der Waals surface area contributed by atoms with E-state index in [1.807, 2.05) is 27.7 Å². The first kappa shape index (κ1) is 13.5. The molecule has 0 heterocycles. The van der Waals surface area contributed by atoms with E-state index in [1.54, 1.807) is 0 Å². The van der Waals surface area contributed by atoms with Crippen LogP contribution in [0.3, 0.4) is 0 Å². The summed E-state index contributed by atoms with van der Waals surface area (Å²) in [6.45, 7) is 7.46. The molecule has 0 saturated carbocycles. The van der Waals surface area contributed by atoms with Gasteiger partial charge in [0.05, 0.1) is 6.04 Å². The third-order valence-electron chi connectivity index (χ3n) is 1.81. The molecule has 0 fully saturated rings. The first-order valence-electron chi connectivity index (χ1n) is 4.93. The van der Waals surface area contributed by atoms with E-state index in [9.17, 15) is 4.79 Å². The van der Waals surface area contributed by atoms with Crippen LogP contribution in [0.4, 0.5) is 4.79 Å². The van der Waals surface area contributed by atoms with Crippen molar-refractivity contribution < 1.29 is 10.0 Å². The molecule has 0 radical (unpaired) electrons. The number of hydrogen-bond acceptors (Lipinski definition) is 3. The molecular formula is C9H20N4O2. The predicted octanol–water partition coefficient (Wildman–Crippen LogP) is 0.465. The Morgan fingerprint density at radius 2 is 1.80 bits per heavy atom. The van der Waals surface area contributed by atoms with E-state index in [0.29, 0.717) is 0 Å². The standard InChI is InChI=1S/C9H20N4O2/c1-5(2)7(8(10)13-15)12-9(14)11-6(3)4/h5-7,15H,1-4H3,(H2,10,13)(H2,11,12,14). The molecule has 0 aliphatic rings. The van der Waals surface area contributed by atoms with Gasteiger partial charge in [0.15, 0.2) is 5.84 Å². The van der Waals surface area contributed by atoms with E-state index >= 15 is 0 Å². The van der Waals surface area contributed by atoms with Gasteiger partial charge in [0, 0.05) is 6.04 Å². The van der Waals surface area contributed by atoms with Gasteiger partial charge in [-0.2, -0.15) is 0 Å². The van der Waals surface area contributed by atoms with Crippen LogP contribution in [-0.2, 0) is 0 Å². The van der Waals surface area contributed by atoms with Crippen molar-refractivity contribution in [3.8, 4) is 0 Å². The fourth-order valence-corrected chi connectivity index (χ4v) is 1.09. The SMILES string of the molecule is CC(C)NC(=O)NC(C(N)=NO)C(C)C. The number of carbonyl (C=O) groups is 1. The van der Waals surface area contributed by atoms with E-state index in [1.165, 1.54) is 0 Å². The van der Waals surface area contributed by atoms with E-state index in [4.69, 9.17) is 10.9 Å². The molecule has 1 atom stereocenters. The van der Waals surface area contributed by atoms with Crippen LogP contribution in [0.25, 0.3) is 0 Å². The number of urea groups is 1. The smallest absolute Gasteiger partial charge is 0.315 e. The molecule has 0 aliphatic heterocycles. The molecule has 5 N–H and O–H groups in total. The lowest BCUT2D eigenvalue weighted by Crippen LogP contribution is -2.52. The molecule has 6 heteroatoms. The molecule has 0 aromatic rings. The summed E-state index contributed by atoms with van der Waals surface area (Å²) in [5.41, 5.74) is 5.45. The second kappa shape index (κ2) is 6.10. The van der Waals surface area contributed by atoms with E-state index in [-0.39, 0.29) is 23.8 Å². The average molecular weight is 216 g/mol. The highest BCUT2D eigenvalue weighted by Crippen LogP contribution is 2.01. The molecule has 0 spiro atoms. The van der Waals surface area contributed by atoms with Crippen LogP contribution in [0.1, 0.15) is 27.7 Å². The van der Waals surface area contributed by atoms with Crippen molar-refractivity contribution >= 4 is 11.9 Å². The number of nitrogens with zero attached hydrogens (tertiary/aromatic N) is 1. The summed E-state index contributed by atoms with van der Waals surface area (Å²) < 4.78 is 0. The maximum Gasteiger partial charge on any atom is 0.315 e. The zero-order valence-electron chi connectivity index (χ0n) is 9.61. The Hall–Kier alpha value is -1.46. The molecular weight excluding hydrogens is 196 g/mol. The maximum atomic E-state index is 11.4. The van der Waals surface area contributed by atoms with Crippen molar-refractivity contribution in [2.45, 2.75) is 39.8 Å². The Morgan fingerprint density at radius 3 is 2.13 bits per heavy atom. The Labute approximate surface area is 89.9 Å². The lowest BCUT2D eigenvalue weighted by molar-refractivity contribution is 0.234. The fourth-order valence-electron chi connectivity index (χ4n) is 1.09.